The van der Waals surface area contributed by atoms with E-state index in [2.05, 4.69) is 21.7 Å². The van der Waals surface area contributed by atoms with E-state index in [1.807, 2.05) is 18.3 Å². The number of rotatable bonds is 5. The number of thiophene rings is 1. The van der Waals surface area contributed by atoms with Gasteiger partial charge in [-0.05, 0) is 30.4 Å². The molecule has 1 N–H and O–H groups in total. The summed E-state index contributed by atoms with van der Waals surface area (Å²) in [6.45, 7) is 4.85. The SMILES string of the molecule is COC[C@H](C)NC(=O)CN1CCc2sccc2C1. The minimum absolute atomic E-state index is 0.0731. The monoisotopic (exact) mass is 268 g/mol. The second kappa shape index (κ2) is 6.31. The summed E-state index contributed by atoms with van der Waals surface area (Å²) >= 11 is 1.82. The van der Waals surface area contributed by atoms with Gasteiger partial charge in [0.15, 0.2) is 0 Å². The topological polar surface area (TPSA) is 41.6 Å². The van der Waals surface area contributed by atoms with Gasteiger partial charge in [0, 0.05) is 31.1 Å². The minimum Gasteiger partial charge on any atom is -0.383 e. The normalized spacial score (nSPS) is 17.2. The number of carbonyl (C=O) groups excluding carboxylic acids is 1. The predicted molar refractivity (Wildman–Crippen MR) is 72.8 cm³/mol. The lowest BCUT2D eigenvalue weighted by Crippen LogP contribution is -2.43. The predicted octanol–water partition coefficient (Wildman–Crippen LogP) is 1.26. The first kappa shape index (κ1) is 13.5. The van der Waals surface area contributed by atoms with Crippen molar-refractivity contribution in [1.82, 2.24) is 10.2 Å². The van der Waals surface area contributed by atoms with Crippen LogP contribution in [0.1, 0.15) is 17.4 Å². The van der Waals surface area contributed by atoms with Gasteiger partial charge in [0.05, 0.1) is 13.2 Å². The van der Waals surface area contributed by atoms with Crippen molar-refractivity contribution in [2.24, 2.45) is 0 Å². The fraction of sp³-hybridized carbons (Fsp3) is 0.615. The minimum atomic E-state index is 0.0731. The van der Waals surface area contributed by atoms with Crippen LogP contribution in [-0.2, 0) is 22.5 Å². The zero-order valence-electron chi connectivity index (χ0n) is 10.9. The van der Waals surface area contributed by atoms with Crippen LogP contribution in [0.25, 0.3) is 0 Å². The summed E-state index contributed by atoms with van der Waals surface area (Å²) in [6.07, 6.45) is 1.06. The molecule has 0 aliphatic carbocycles. The molecule has 0 aromatic carbocycles. The Morgan fingerprint density at radius 2 is 2.50 bits per heavy atom. The van der Waals surface area contributed by atoms with Gasteiger partial charge in [-0.2, -0.15) is 0 Å². The molecular formula is C13H20N2O2S. The molecule has 0 unspecified atom stereocenters. The molecule has 0 bridgehead atoms. The Labute approximate surface area is 112 Å². The van der Waals surface area contributed by atoms with Crippen molar-refractivity contribution in [2.45, 2.75) is 25.9 Å². The maximum absolute atomic E-state index is 11.8. The van der Waals surface area contributed by atoms with Crippen LogP contribution in [0.15, 0.2) is 11.4 Å². The second-order valence-electron chi connectivity index (χ2n) is 4.75. The van der Waals surface area contributed by atoms with E-state index in [1.54, 1.807) is 7.11 Å². The molecule has 1 aromatic rings. The van der Waals surface area contributed by atoms with Crippen LogP contribution in [0.4, 0.5) is 0 Å². The van der Waals surface area contributed by atoms with Crippen molar-refractivity contribution in [3.05, 3.63) is 21.9 Å². The van der Waals surface area contributed by atoms with E-state index >= 15 is 0 Å². The van der Waals surface area contributed by atoms with Crippen LogP contribution in [0, 0.1) is 0 Å². The molecule has 18 heavy (non-hydrogen) atoms. The second-order valence-corrected chi connectivity index (χ2v) is 5.75. The lowest BCUT2D eigenvalue weighted by atomic mass is 10.1. The highest BCUT2D eigenvalue weighted by atomic mass is 32.1. The number of ether oxygens (including phenoxy) is 1. The number of carbonyl (C=O) groups is 1. The van der Waals surface area contributed by atoms with E-state index in [1.165, 1.54) is 10.4 Å². The number of fused-ring (bicyclic) bond motifs is 1. The summed E-state index contributed by atoms with van der Waals surface area (Å²) < 4.78 is 5.00. The van der Waals surface area contributed by atoms with Crippen LogP contribution < -0.4 is 5.32 Å². The van der Waals surface area contributed by atoms with E-state index in [-0.39, 0.29) is 11.9 Å². The van der Waals surface area contributed by atoms with E-state index in [0.29, 0.717) is 13.2 Å². The third-order valence-corrected chi connectivity index (χ3v) is 4.10. The summed E-state index contributed by atoms with van der Waals surface area (Å²) in [7, 11) is 1.64. The molecule has 1 amide bonds. The van der Waals surface area contributed by atoms with Gasteiger partial charge in [0.2, 0.25) is 5.91 Å². The van der Waals surface area contributed by atoms with Crippen molar-refractivity contribution in [3.63, 3.8) is 0 Å². The number of hydrogen-bond donors (Lipinski definition) is 1. The molecule has 1 aliphatic rings. The molecule has 0 saturated heterocycles. The highest BCUT2D eigenvalue weighted by molar-refractivity contribution is 7.10. The molecule has 100 valence electrons. The molecule has 2 heterocycles. The molecule has 0 radical (unpaired) electrons. The van der Waals surface area contributed by atoms with E-state index < -0.39 is 0 Å². The number of nitrogens with zero attached hydrogens (tertiary/aromatic N) is 1. The summed E-state index contributed by atoms with van der Waals surface area (Å²) in [6, 6.07) is 2.24. The lowest BCUT2D eigenvalue weighted by molar-refractivity contribution is -0.123. The Kier molecular flexibility index (Phi) is 4.74. The number of amides is 1. The van der Waals surface area contributed by atoms with Crippen LogP contribution in [0.3, 0.4) is 0 Å². The average molecular weight is 268 g/mol. The molecule has 1 atom stereocenters. The van der Waals surface area contributed by atoms with Crippen LogP contribution in [-0.4, -0.2) is 43.7 Å². The van der Waals surface area contributed by atoms with Gasteiger partial charge >= 0.3 is 0 Å². The van der Waals surface area contributed by atoms with Crippen molar-refractivity contribution in [3.8, 4) is 0 Å². The molecule has 1 aromatic heterocycles. The third-order valence-electron chi connectivity index (χ3n) is 3.08. The van der Waals surface area contributed by atoms with Crippen LogP contribution in [0.5, 0.6) is 0 Å². The Morgan fingerprint density at radius 1 is 1.67 bits per heavy atom. The third kappa shape index (κ3) is 3.54. The Balaban J connectivity index is 1.79. The lowest BCUT2D eigenvalue weighted by Gasteiger charge is -2.26. The van der Waals surface area contributed by atoms with Gasteiger partial charge < -0.3 is 10.1 Å². The number of nitrogens with one attached hydrogen (secondary N) is 1. The van der Waals surface area contributed by atoms with Gasteiger partial charge in [0.25, 0.3) is 0 Å². The quantitative estimate of drug-likeness (QED) is 0.874. The Morgan fingerprint density at radius 3 is 3.28 bits per heavy atom. The fourth-order valence-corrected chi connectivity index (χ4v) is 3.15. The zero-order valence-corrected chi connectivity index (χ0v) is 11.8. The Hall–Kier alpha value is -0.910. The van der Waals surface area contributed by atoms with Gasteiger partial charge in [-0.25, -0.2) is 0 Å². The number of methoxy groups -OCH3 is 1. The molecule has 0 fully saturated rings. The van der Waals surface area contributed by atoms with Gasteiger partial charge in [-0.1, -0.05) is 0 Å². The van der Waals surface area contributed by atoms with Crippen LogP contribution >= 0.6 is 11.3 Å². The first-order chi connectivity index (χ1) is 8.69. The largest absolute Gasteiger partial charge is 0.383 e. The molecule has 1 aliphatic heterocycles. The maximum atomic E-state index is 11.8. The molecule has 4 nitrogen and oxygen atoms in total. The Bertz CT molecular complexity index is 405. The van der Waals surface area contributed by atoms with E-state index in [4.69, 9.17) is 4.74 Å². The summed E-state index contributed by atoms with van der Waals surface area (Å²) in [5.74, 6) is 0.0817. The van der Waals surface area contributed by atoms with E-state index in [9.17, 15) is 4.79 Å². The fourth-order valence-electron chi connectivity index (χ4n) is 2.26. The first-order valence-corrected chi connectivity index (χ1v) is 7.13. The summed E-state index contributed by atoms with van der Waals surface area (Å²) in [5.41, 5.74) is 1.38. The molecule has 0 saturated carbocycles. The standard InChI is InChI=1S/C13H20N2O2S/c1-10(9-17-2)14-13(16)8-15-5-3-12-11(7-15)4-6-18-12/h4,6,10H,3,5,7-9H2,1-2H3,(H,14,16)/t10-/m0/s1. The molecule has 5 heteroatoms. The van der Waals surface area contributed by atoms with Gasteiger partial charge in [-0.3, -0.25) is 9.69 Å². The van der Waals surface area contributed by atoms with Crippen molar-refractivity contribution < 1.29 is 9.53 Å². The van der Waals surface area contributed by atoms with Crippen molar-refractivity contribution in [1.29, 1.82) is 0 Å². The van der Waals surface area contributed by atoms with Crippen molar-refractivity contribution in [2.75, 3.05) is 26.8 Å². The maximum Gasteiger partial charge on any atom is 0.234 e. The molecule has 2 rings (SSSR count). The van der Waals surface area contributed by atoms with Crippen LogP contribution in [0.2, 0.25) is 0 Å². The highest BCUT2D eigenvalue weighted by Crippen LogP contribution is 2.23. The van der Waals surface area contributed by atoms with Gasteiger partial charge in [0.1, 0.15) is 0 Å². The smallest absolute Gasteiger partial charge is 0.234 e. The first-order valence-electron chi connectivity index (χ1n) is 6.25. The summed E-state index contributed by atoms with van der Waals surface area (Å²) in [4.78, 5) is 15.5. The molecule has 0 spiro atoms. The summed E-state index contributed by atoms with van der Waals surface area (Å²) in [5, 5.41) is 5.08. The zero-order chi connectivity index (χ0) is 13.0. The van der Waals surface area contributed by atoms with E-state index in [0.717, 1.165) is 19.5 Å². The molecular weight excluding hydrogens is 248 g/mol. The van der Waals surface area contributed by atoms with Gasteiger partial charge in [-0.15, -0.1) is 11.3 Å². The van der Waals surface area contributed by atoms with Crippen molar-refractivity contribution >= 4 is 17.2 Å². The highest BCUT2D eigenvalue weighted by Gasteiger charge is 2.19. The number of hydrogen-bond acceptors (Lipinski definition) is 4. The average Bonchev–Trinajstić information content (AvgIpc) is 2.76.